The summed E-state index contributed by atoms with van der Waals surface area (Å²) in [4.78, 5) is 3.41. The molecule has 0 saturated heterocycles. The van der Waals surface area contributed by atoms with Crippen molar-refractivity contribution in [1.82, 2.24) is 4.98 Å². The number of nitriles is 2. The molecular weight excluding hydrogens is 447 g/mol. The van der Waals surface area contributed by atoms with E-state index < -0.39 is 15.8 Å². The van der Waals surface area contributed by atoms with Crippen LogP contribution in [0.4, 0.5) is 10.2 Å². The Balaban J connectivity index is 1.94. The van der Waals surface area contributed by atoms with Gasteiger partial charge in [-0.15, -0.1) is 0 Å². The molecule has 0 bridgehead atoms. The molecule has 0 aliphatic carbocycles. The van der Waals surface area contributed by atoms with Crippen LogP contribution in [0.15, 0.2) is 53.6 Å². The first kappa shape index (κ1) is 21.8. The Bertz CT molecular complexity index is 1330. The fourth-order valence-electron chi connectivity index (χ4n) is 2.46. The van der Waals surface area contributed by atoms with Crippen molar-refractivity contribution < 1.29 is 22.3 Å². The molecule has 3 rings (SSSR count). The zero-order valence-corrected chi connectivity index (χ0v) is 17.3. The zero-order valence-electron chi connectivity index (χ0n) is 15.8. The number of benzene rings is 2. The third-order valence-electron chi connectivity index (χ3n) is 3.94. The molecular formula is C20H12ClFN4O4S. The van der Waals surface area contributed by atoms with Crippen LogP contribution < -0.4 is 14.2 Å². The molecule has 1 N–H and O–H groups in total. The second-order valence-electron chi connectivity index (χ2n) is 5.93. The van der Waals surface area contributed by atoms with Gasteiger partial charge in [-0.05, 0) is 30.3 Å². The van der Waals surface area contributed by atoms with Gasteiger partial charge in [-0.3, -0.25) is 4.72 Å². The molecule has 1 heterocycles. The zero-order chi connectivity index (χ0) is 22.6. The Kier molecular flexibility index (Phi) is 6.25. The summed E-state index contributed by atoms with van der Waals surface area (Å²) < 4.78 is 51.2. The maximum atomic E-state index is 13.0. The van der Waals surface area contributed by atoms with Crippen LogP contribution in [-0.2, 0) is 10.0 Å². The molecule has 0 atom stereocenters. The molecule has 3 aromatic rings. The number of ether oxygens (including phenoxy) is 2. The van der Waals surface area contributed by atoms with E-state index in [0.29, 0.717) is 0 Å². The molecule has 31 heavy (non-hydrogen) atoms. The van der Waals surface area contributed by atoms with E-state index in [9.17, 15) is 18.1 Å². The van der Waals surface area contributed by atoms with Gasteiger partial charge in [0.05, 0.1) is 34.4 Å². The van der Waals surface area contributed by atoms with E-state index in [4.69, 9.17) is 26.3 Å². The summed E-state index contributed by atoms with van der Waals surface area (Å²) in [6.45, 7) is 0. The minimum atomic E-state index is -4.10. The number of hydrogen-bond donors (Lipinski definition) is 1. The number of pyridine rings is 1. The number of sulfonamides is 1. The molecule has 0 spiro atoms. The number of nitrogens with one attached hydrogen (secondary N) is 1. The molecule has 2 aromatic carbocycles. The van der Waals surface area contributed by atoms with Gasteiger partial charge in [-0.25, -0.2) is 17.8 Å². The van der Waals surface area contributed by atoms with E-state index in [0.717, 1.165) is 24.4 Å². The Morgan fingerprint density at radius 3 is 2.39 bits per heavy atom. The number of halogens is 2. The third-order valence-corrected chi connectivity index (χ3v) is 5.61. The van der Waals surface area contributed by atoms with Gasteiger partial charge in [-0.2, -0.15) is 10.5 Å². The van der Waals surface area contributed by atoms with E-state index in [1.807, 2.05) is 12.1 Å². The Morgan fingerprint density at radius 2 is 1.77 bits per heavy atom. The van der Waals surface area contributed by atoms with Gasteiger partial charge in [0.15, 0.2) is 11.5 Å². The van der Waals surface area contributed by atoms with Gasteiger partial charge < -0.3 is 9.47 Å². The minimum absolute atomic E-state index is 0.0421. The minimum Gasteiger partial charge on any atom is -0.493 e. The van der Waals surface area contributed by atoms with Crippen LogP contribution in [0.2, 0.25) is 5.02 Å². The summed E-state index contributed by atoms with van der Waals surface area (Å²) >= 11 is 6.03. The summed E-state index contributed by atoms with van der Waals surface area (Å²) in [5.74, 6) is -0.329. The highest BCUT2D eigenvalue weighted by Crippen LogP contribution is 2.37. The van der Waals surface area contributed by atoms with Crippen LogP contribution in [0, 0.1) is 28.5 Å². The fraction of sp³-hybridized carbons (Fsp3) is 0.0500. The number of anilines is 1. The molecule has 8 nitrogen and oxygen atoms in total. The highest BCUT2D eigenvalue weighted by atomic mass is 35.5. The quantitative estimate of drug-likeness (QED) is 0.586. The molecule has 0 saturated carbocycles. The van der Waals surface area contributed by atoms with E-state index in [1.165, 1.54) is 31.4 Å². The number of rotatable bonds is 6. The van der Waals surface area contributed by atoms with Gasteiger partial charge in [0.1, 0.15) is 29.5 Å². The van der Waals surface area contributed by atoms with Crippen molar-refractivity contribution in [3.8, 4) is 29.4 Å². The second-order valence-corrected chi connectivity index (χ2v) is 8.02. The lowest BCUT2D eigenvalue weighted by Gasteiger charge is -2.13. The normalized spacial score (nSPS) is 10.6. The second kappa shape index (κ2) is 8.88. The lowest BCUT2D eigenvalue weighted by Crippen LogP contribution is -2.14. The molecule has 0 radical (unpaired) electrons. The molecule has 0 aliphatic heterocycles. The number of nitrogens with zero attached hydrogens (tertiary/aromatic N) is 3. The predicted octanol–water partition coefficient (Wildman–Crippen LogP) is 4.22. The Morgan fingerprint density at radius 1 is 1.03 bits per heavy atom. The van der Waals surface area contributed by atoms with Crippen molar-refractivity contribution in [3.63, 3.8) is 0 Å². The van der Waals surface area contributed by atoms with Crippen LogP contribution in [0.1, 0.15) is 11.1 Å². The average Bonchev–Trinajstić information content (AvgIpc) is 2.75. The molecule has 11 heteroatoms. The number of hydrogen-bond acceptors (Lipinski definition) is 7. The van der Waals surface area contributed by atoms with Crippen LogP contribution >= 0.6 is 11.6 Å². The number of methoxy groups -OCH3 is 1. The largest absolute Gasteiger partial charge is 0.493 e. The van der Waals surface area contributed by atoms with Crippen molar-refractivity contribution in [3.05, 3.63) is 70.6 Å². The SMILES string of the molecule is COc1cc(C#N)c(Cl)cc1Oc1ccc(S(=O)(=O)Nc2ccc(F)cn2)cc1C#N. The van der Waals surface area contributed by atoms with Crippen molar-refractivity contribution in [1.29, 1.82) is 10.5 Å². The van der Waals surface area contributed by atoms with Crippen LogP contribution in [-0.4, -0.2) is 20.5 Å². The average molecular weight is 459 g/mol. The first-order valence-electron chi connectivity index (χ1n) is 8.41. The standard InChI is InChI=1S/C20H12ClFN4O4S/c1-29-18-7-12(9-23)16(21)8-19(18)30-17-4-3-15(6-13(17)10-24)31(27,28)26-20-5-2-14(22)11-25-20/h2-8,11H,1H3,(H,25,26). The monoisotopic (exact) mass is 458 g/mol. The number of aromatic nitrogens is 1. The molecule has 1 aromatic heterocycles. The summed E-state index contributed by atoms with van der Waals surface area (Å²) in [6.07, 6.45) is 0.867. The molecule has 0 unspecified atom stereocenters. The van der Waals surface area contributed by atoms with Crippen molar-refractivity contribution in [2.24, 2.45) is 0 Å². The summed E-state index contributed by atoms with van der Waals surface area (Å²) in [5, 5.41) is 18.7. The molecule has 0 aliphatic rings. The van der Waals surface area contributed by atoms with Gasteiger partial charge >= 0.3 is 0 Å². The predicted molar refractivity (Wildman–Crippen MR) is 109 cm³/mol. The van der Waals surface area contributed by atoms with E-state index in [1.54, 1.807) is 0 Å². The molecule has 0 amide bonds. The topological polar surface area (TPSA) is 125 Å². The first-order chi connectivity index (χ1) is 14.8. The van der Waals surface area contributed by atoms with Crippen molar-refractivity contribution in [2.75, 3.05) is 11.8 Å². The Labute approximate surface area is 182 Å². The smallest absolute Gasteiger partial charge is 0.263 e. The van der Waals surface area contributed by atoms with Gasteiger partial charge in [0.2, 0.25) is 0 Å². The maximum Gasteiger partial charge on any atom is 0.263 e. The van der Waals surface area contributed by atoms with Crippen LogP contribution in [0.5, 0.6) is 17.2 Å². The first-order valence-corrected chi connectivity index (χ1v) is 10.3. The molecule has 156 valence electrons. The fourth-order valence-corrected chi connectivity index (χ4v) is 3.69. The third kappa shape index (κ3) is 4.83. The highest BCUT2D eigenvalue weighted by Gasteiger charge is 2.19. The summed E-state index contributed by atoms with van der Waals surface area (Å²) in [5.41, 5.74) is 0.0887. The van der Waals surface area contributed by atoms with Crippen LogP contribution in [0.25, 0.3) is 0 Å². The highest BCUT2D eigenvalue weighted by molar-refractivity contribution is 7.92. The van der Waals surface area contributed by atoms with Crippen LogP contribution in [0.3, 0.4) is 0 Å². The van der Waals surface area contributed by atoms with E-state index in [2.05, 4.69) is 9.71 Å². The van der Waals surface area contributed by atoms with Gasteiger partial charge in [0, 0.05) is 12.1 Å². The molecule has 0 fully saturated rings. The van der Waals surface area contributed by atoms with Gasteiger partial charge in [0.25, 0.3) is 10.0 Å². The summed E-state index contributed by atoms with van der Waals surface area (Å²) in [7, 11) is -2.73. The Hall–Kier alpha value is -3.86. The van der Waals surface area contributed by atoms with E-state index in [-0.39, 0.29) is 44.1 Å². The van der Waals surface area contributed by atoms with Gasteiger partial charge in [-0.1, -0.05) is 11.6 Å². The van der Waals surface area contributed by atoms with Crippen molar-refractivity contribution in [2.45, 2.75) is 4.90 Å². The lowest BCUT2D eigenvalue weighted by molar-refractivity contribution is 0.378. The summed E-state index contributed by atoms with van der Waals surface area (Å²) in [6, 6.07) is 12.3. The maximum absolute atomic E-state index is 13.0. The van der Waals surface area contributed by atoms with Crippen molar-refractivity contribution >= 4 is 27.4 Å². The lowest BCUT2D eigenvalue weighted by atomic mass is 10.2. The van der Waals surface area contributed by atoms with E-state index >= 15 is 0 Å².